The summed E-state index contributed by atoms with van der Waals surface area (Å²) in [6, 6.07) is 14.2. The Hall–Kier alpha value is -4.40. The van der Waals surface area contributed by atoms with Crippen LogP contribution in [-0.4, -0.2) is 44.3 Å². The van der Waals surface area contributed by atoms with Gasteiger partial charge in [0.2, 0.25) is 5.91 Å². The molecule has 0 aliphatic heterocycles. The minimum atomic E-state index is -0.691. The van der Waals surface area contributed by atoms with Gasteiger partial charge in [-0.25, -0.2) is 14.4 Å². The van der Waals surface area contributed by atoms with Crippen LogP contribution in [0, 0.1) is 12.7 Å². The smallest absolute Gasteiger partial charge is 0.267 e. The zero-order chi connectivity index (χ0) is 28.1. The van der Waals surface area contributed by atoms with Crippen molar-refractivity contribution in [3.63, 3.8) is 0 Å². The summed E-state index contributed by atoms with van der Waals surface area (Å²) in [5, 5.41) is 0.339. The summed E-state index contributed by atoms with van der Waals surface area (Å²) in [6.07, 6.45) is 1.69. The Kier molecular flexibility index (Phi) is 8.49. The van der Waals surface area contributed by atoms with Gasteiger partial charge >= 0.3 is 0 Å². The number of Topliss-reactive ketones (excluding diaryl/α,β-unsaturated/α-hetero) is 1. The fourth-order valence-corrected chi connectivity index (χ4v) is 4.47. The second kappa shape index (κ2) is 12.0. The van der Waals surface area contributed by atoms with E-state index in [0.29, 0.717) is 40.4 Å². The Balaban J connectivity index is 1.81. The normalized spacial score (nSPS) is 11.8. The highest BCUT2D eigenvalue weighted by atomic mass is 19.1. The van der Waals surface area contributed by atoms with Crippen molar-refractivity contribution >= 4 is 22.7 Å². The molecule has 0 saturated carbocycles. The van der Waals surface area contributed by atoms with Crippen LogP contribution in [0.25, 0.3) is 16.7 Å². The average Bonchev–Trinajstić information content (AvgIpc) is 2.91. The molecule has 0 unspecified atom stereocenters. The van der Waals surface area contributed by atoms with Gasteiger partial charge in [-0.05, 0) is 81.3 Å². The number of carbonyl (C=O) groups is 2. The topological polar surface area (TPSA) is 94.4 Å². The summed E-state index contributed by atoms with van der Waals surface area (Å²) < 4.78 is 20.8. The van der Waals surface area contributed by atoms with Gasteiger partial charge in [-0.3, -0.25) is 19.0 Å². The molecule has 8 nitrogen and oxygen atoms in total. The van der Waals surface area contributed by atoms with E-state index >= 15 is 0 Å². The van der Waals surface area contributed by atoms with E-state index in [2.05, 4.69) is 4.98 Å². The number of fused-ring (bicyclic) bond motifs is 1. The van der Waals surface area contributed by atoms with E-state index in [1.165, 1.54) is 17.6 Å². The maximum absolute atomic E-state index is 13.8. The fraction of sp³-hybridized carbons (Fsp3) is 0.300. The molecule has 39 heavy (non-hydrogen) atoms. The number of carbonyl (C=O) groups excluding carboxylic acids is 2. The second-order valence-electron chi connectivity index (χ2n) is 9.39. The maximum atomic E-state index is 13.8. The van der Waals surface area contributed by atoms with Crippen LogP contribution >= 0.6 is 0 Å². The number of pyridine rings is 1. The summed E-state index contributed by atoms with van der Waals surface area (Å²) in [4.78, 5) is 49.8. The number of rotatable bonds is 10. The van der Waals surface area contributed by atoms with Gasteiger partial charge in [0.25, 0.3) is 5.56 Å². The molecule has 0 aliphatic carbocycles. The molecule has 0 aliphatic rings. The summed E-state index contributed by atoms with van der Waals surface area (Å²) in [7, 11) is 0. The summed E-state index contributed by atoms with van der Waals surface area (Å²) in [5.74, 6) is 0.271. The number of hydrogen-bond donors (Lipinski definition) is 0. The zero-order valence-electron chi connectivity index (χ0n) is 22.5. The zero-order valence-corrected chi connectivity index (χ0v) is 22.5. The molecule has 2 aromatic carbocycles. The lowest BCUT2D eigenvalue weighted by atomic mass is 10.1. The van der Waals surface area contributed by atoms with Gasteiger partial charge in [0.1, 0.15) is 23.2 Å². The van der Waals surface area contributed by atoms with Crippen molar-refractivity contribution in [2.24, 2.45) is 0 Å². The SMILES string of the molecule is CCOc1ccc(-n2c([C@@H](C)N(CCC(C)=O)C(=O)Cc3ccc(F)c(C)c3)nc3ncccc3c2=O)cc1. The van der Waals surface area contributed by atoms with Crippen LogP contribution in [0.3, 0.4) is 0 Å². The molecular formula is C30H31FN4O4. The number of amides is 1. The van der Waals surface area contributed by atoms with Crippen LogP contribution in [0.5, 0.6) is 5.75 Å². The Morgan fingerprint density at radius 2 is 1.87 bits per heavy atom. The van der Waals surface area contributed by atoms with Gasteiger partial charge in [-0.1, -0.05) is 12.1 Å². The minimum absolute atomic E-state index is 0.00246. The number of aryl methyl sites for hydroxylation is 1. The molecular weight excluding hydrogens is 499 g/mol. The standard InChI is InChI=1S/C30H31FN4O4/c1-5-39-24-11-9-23(10-12-24)35-29(33-28-25(30(35)38)7-6-15-32-28)21(4)34(16-14-20(3)36)27(37)18-22-8-13-26(31)19(2)17-22/h6-13,15,17,21H,5,14,16,18H2,1-4H3/t21-/m1/s1. The molecule has 4 aromatic rings. The van der Waals surface area contributed by atoms with E-state index in [-0.39, 0.29) is 48.1 Å². The lowest BCUT2D eigenvalue weighted by molar-refractivity contribution is -0.133. The number of ketones is 1. The molecule has 0 bridgehead atoms. The minimum Gasteiger partial charge on any atom is -0.494 e. The van der Waals surface area contributed by atoms with Crippen LogP contribution < -0.4 is 10.3 Å². The quantitative estimate of drug-likeness (QED) is 0.294. The van der Waals surface area contributed by atoms with Crippen LogP contribution in [-0.2, 0) is 16.0 Å². The Morgan fingerprint density at radius 1 is 1.13 bits per heavy atom. The average molecular weight is 531 g/mol. The van der Waals surface area contributed by atoms with Gasteiger partial charge < -0.3 is 9.64 Å². The molecule has 0 spiro atoms. The van der Waals surface area contributed by atoms with Gasteiger partial charge in [-0.2, -0.15) is 0 Å². The summed E-state index contributed by atoms with van der Waals surface area (Å²) >= 11 is 0. The molecule has 4 rings (SSSR count). The Bertz CT molecular complexity index is 1570. The van der Waals surface area contributed by atoms with Crippen molar-refractivity contribution in [2.75, 3.05) is 13.2 Å². The summed E-state index contributed by atoms with van der Waals surface area (Å²) in [5.41, 5.74) is 1.58. The molecule has 0 fully saturated rings. The molecule has 1 amide bonds. The van der Waals surface area contributed by atoms with E-state index in [0.717, 1.165) is 0 Å². The molecule has 0 radical (unpaired) electrons. The van der Waals surface area contributed by atoms with Gasteiger partial charge in [0.05, 0.1) is 30.1 Å². The number of ether oxygens (including phenoxy) is 1. The molecule has 9 heteroatoms. The van der Waals surface area contributed by atoms with Gasteiger partial charge in [-0.15, -0.1) is 0 Å². The first-order chi connectivity index (χ1) is 18.7. The van der Waals surface area contributed by atoms with Crippen molar-refractivity contribution in [1.29, 1.82) is 0 Å². The molecule has 0 saturated heterocycles. The van der Waals surface area contributed by atoms with E-state index in [1.807, 2.05) is 6.92 Å². The molecule has 1 atom stereocenters. The highest BCUT2D eigenvalue weighted by Gasteiger charge is 2.27. The third-order valence-electron chi connectivity index (χ3n) is 6.52. The van der Waals surface area contributed by atoms with Crippen LogP contribution in [0.2, 0.25) is 0 Å². The lowest BCUT2D eigenvalue weighted by Gasteiger charge is -2.30. The van der Waals surface area contributed by atoms with Crippen molar-refractivity contribution in [3.05, 3.63) is 93.9 Å². The number of halogens is 1. The molecule has 2 aromatic heterocycles. The first-order valence-corrected chi connectivity index (χ1v) is 12.8. The Labute approximate surface area is 226 Å². The first-order valence-electron chi connectivity index (χ1n) is 12.8. The van der Waals surface area contributed by atoms with Gasteiger partial charge in [0.15, 0.2) is 5.65 Å². The van der Waals surface area contributed by atoms with Crippen molar-refractivity contribution < 1.29 is 18.7 Å². The molecule has 0 N–H and O–H groups in total. The maximum Gasteiger partial charge on any atom is 0.267 e. The molecule has 202 valence electrons. The van der Waals surface area contributed by atoms with Crippen LogP contribution in [0.4, 0.5) is 4.39 Å². The van der Waals surface area contributed by atoms with E-state index in [9.17, 15) is 18.8 Å². The predicted molar refractivity (Wildman–Crippen MR) is 147 cm³/mol. The summed E-state index contributed by atoms with van der Waals surface area (Å²) in [6.45, 7) is 7.40. The van der Waals surface area contributed by atoms with E-state index in [1.54, 1.807) is 73.5 Å². The van der Waals surface area contributed by atoms with Crippen LogP contribution in [0.15, 0.2) is 65.6 Å². The van der Waals surface area contributed by atoms with Crippen molar-refractivity contribution in [1.82, 2.24) is 19.4 Å². The van der Waals surface area contributed by atoms with Crippen molar-refractivity contribution in [3.8, 4) is 11.4 Å². The third kappa shape index (κ3) is 6.19. The highest BCUT2D eigenvalue weighted by Crippen LogP contribution is 2.25. The first kappa shape index (κ1) is 27.6. The number of hydrogen-bond acceptors (Lipinski definition) is 6. The lowest BCUT2D eigenvalue weighted by Crippen LogP contribution is -2.39. The number of aromatic nitrogens is 3. The van der Waals surface area contributed by atoms with E-state index in [4.69, 9.17) is 9.72 Å². The number of nitrogens with zero attached hydrogens (tertiary/aromatic N) is 4. The largest absolute Gasteiger partial charge is 0.494 e. The third-order valence-corrected chi connectivity index (χ3v) is 6.52. The molecule has 2 heterocycles. The fourth-order valence-electron chi connectivity index (χ4n) is 4.47. The predicted octanol–water partition coefficient (Wildman–Crippen LogP) is 4.74. The van der Waals surface area contributed by atoms with Crippen LogP contribution in [0.1, 0.15) is 50.2 Å². The monoisotopic (exact) mass is 530 g/mol. The highest BCUT2D eigenvalue weighted by molar-refractivity contribution is 5.81. The van der Waals surface area contributed by atoms with E-state index < -0.39 is 6.04 Å². The van der Waals surface area contributed by atoms with Crippen molar-refractivity contribution in [2.45, 2.75) is 46.6 Å². The number of benzene rings is 2. The van der Waals surface area contributed by atoms with Gasteiger partial charge in [0, 0.05) is 19.2 Å². The Morgan fingerprint density at radius 3 is 2.54 bits per heavy atom. The second-order valence-corrected chi connectivity index (χ2v) is 9.39.